The topological polar surface area (TPSA) is 39.2 Å². The van der Waals surface area contributed by atoms with E-state index in [0.717, 1.165) is 70.9 Å². The summed E-state index contributed by atoms with van der Waals surface area (Å²) in [6.45, 7) is 7.35. The zero-order valence-electron chi connectivity index (χ0n) is 19.3. The van der Waals surface area contributed by atoms with Gasteiger partial charge in [0, 0.05) is 52.5 Å². The van der Waals surface area contributed by atoms with Crippen molar-refractivity contribution in [3.63, 3.8) is 0 Å². The second-order valence-corrected chi connectivity index (χ2v) is 8.63. The number of hydrogen-bond acceptors (Lipinski definition) is 5. The summed E-state index contributed by atoms with van der Waals surface area (Å²) < 4.78 is 6.15. The molecule has 1 saturated heterocycles. The molecule has 31 heavy (non-hydrogen) atoms. The number of hydrogen-bond donors (Lipinski definition) is 1. The molecule has 1 N–H and O–H groups in total. The van der Waals surface area contributed by atoms with Crippen LogP contribution in [0.2, 0.25) is 0 Å². The summed E-state index contributed by atoms with van der Waals surface area (Å²) in [4.78, 5) is 7.00. The molecule has 3 rings (SSSR count). The minimum atomic E-state index is 0.265. The third-order valence-electron chi connectivity index (χ3n) is 6.12. The summed E-state index contributed by atoms with van der Waals surface area (Å²) >= 11 is 0. The maximum atomic E-state index is 9.05. The first-order valence-electron chi connectivity index (χ1n) is 11.7. The zero-order chi connectivity index (χ0) is 21.9. The van der Waals surface area contributed by atoms with Gasteiger partial charge in [0.05, 0.1) is 13.2 Å². The molecule has 0 bridgehead atoms. The van der Waals surface area contributed by atoms with Crippen molar-refractivity contribution in [1.29, 1.82) is 0 Å². The number of unbranched alkanes of at least 4 members (excludes halogenated alkanes) is 1. The van der Waals surface area contributed by atoms with E-state index in [4.69, 9.17) is 9.84 Å². The van der Waals surface area contributed by atoms with Crippen LogP contribution < -0.4 is 9.64 Å². The minimum Gasteiger partial charge on any atom is -0.493 e. The second-order valence-electron chi connectivity index (χ2n) is 8.63. The van der Waals surface area contributed by atoms with Gasteiger partial charge in [-0.2, -0.15) is 0 Å². The van der Waals surface area contributed by atoms with Gasteiger partial charge in [-0.3, -0.25) is 4.90 Å². The Labute approximate surface area is 188 Å². The highest BCUT2D eigenvalue weighted by molar-refractivity contribution is 5.46. The third-order valence-corrected chi connectivity index (χ3v) is 6.12. The molecule has 170 valence electrons. The van der Waals surface area contributed by atoms with Crippen LogP contribution in [0, 0.1) is 0 Å². The van der Waals surface area contributed by atoms with Crippen LogP contribution >= 0.6 is 0 Å². The quantitative estimate of drug-likeness (QED) is 0.528. The molecule has 1 aliphatic heterocycles. The van der Waals surface area contributed by atoms with Gasteiger partial charge in [-0.1, -0.05) is 30.3 Å². The van der Waals surface area contributed by atoms with Crippen molar-refractivity contribution in [1.82, 2.24) is 9.80 Å². The fraction of sp³-hybridized carbons (Fsp3) is 0.538. The number of piperazine rings is 1. The van der Waals surface area contributed by atoms with Crippen LogP contribution in [0.1, 0.15) is 24.0 Å². The first-order valence-corrected chi connectivity index (χ1v) is 11.7. The van der Waals surface area contributed by atoms with Gasteiger partial charge in [-0.15, -0.1) is 0 Å². The Morgan fingerprint density at radius 1 is 0.839 bits per heavy atom. The Morgan fingerprint density at radius 3 is 2.19 bits per heavy atom. The summed E-state index contributed by atoms with van der Waals surface area (Å²) in [5, 5.41) is 9.05. The summed E-state index contributed by atoms with van der Waals surface area (Å²) in [7, 11) is 4.14. The largest absolute Gasteiger partial charge is 0.493 e. The Kier molecular flexibility index (Phi) is 9.66. The van der Waals surface area contributed by atoms with Crippen LogP contribution in [0.15, 0.2) is 48.5 Å². The summed E-state index contributed by atoms with van der Waals surface area (Å²) in [6.07, 6.45) is 4.27. The second kappa shape index (κ2) is 12.7. The number of aliphatic hydroxyl groups is 1. The molecule has 0 atom stereocenters. The van der Waals surface area contributed by atoms with Gasteiger partial charge in [0.2, 0.25) is 0 Å². The van der Waals surface area contributed by atoms with Crippen molar-refractivity contribution < 1.29 is 9.84 Å². The molecule has 0 saturated carbocycles. The van der Waals surface area contributed by atoms with Crippen molar-refractivity contribution in [3.8, 4) is 5.75 Å². The number of aryl methyl sites for hydroxylation is 2. The molecule has 1 fully saturated rings. The molecule has 5 heteroatoms. The molecule has 0 amide bonds. The van der Waals surface area contributed by atoms with E-state index in [1.165, 1.54) is 23.2 Å². The van der Waals surface area contributed by atoms with Crippen LogP contribution in [0.25, 0.3) is 0 Å². The number of nitrogens with zero attached hydrogens (tertiary/aromatic N) is 3. The van der Waals surface area contributed by atoms with E-state index in [1.807, 2.05) is 0 Å². The highest BCUT2D eigenvalue weighted by atomic mass is 16.5. The summed E-state index contributed by atoms with van der Waals surface area (Å²) in [6, 6.07) is 17.3. The zero-order valence-corrected chi connectivity index (χ0v) is 19.3. The van der Waals surface area contributed by atoms with E-state index < -0.39 is 0 Å². The Morgan fingerprint density at radius 2 is 1.52 bits per heavy atom. The van der Waals surface area contributed by atoms with E-state index in [-0.39, 0.29) is 6.61 Å². The predicted molar refractivity (Wildman–Crippen MR) is 129 cm³/mol. The van der Waals surface area contributed by atoms with Gasteiger partial charge in [0.1, 0.15) is 5.75 Å². The van der Waals surface area contributed by atoms with Crippen LogP contribution in [-0.4, -0.2) is 81.5 Å². The van der Waals surface area contributed by atoms with Crippen molar-refractivity contribution in [3.05, 3.63) is 59.7 Å². The Hall–Kier alpha value is -2.08. The van der Waals surface area contributed by atoms with Gasteiger partial charge < -0.3 is 19.6 Å². The SMILES string of the molecule is CN(C)c1ccc(CCc2ccccc2OCCCCN2CCN(CCO)CC2)cc1. The number of rotatable bonds is 12. The van der Waals surface area contributed by atoms with E-state index in [9.17, 15) is 0 Å². The molecule has 0 radical (unpaired) electrons. The minimum absolute atomic E-state index is 0.265. The molecule has 0 aromatic heterocycles. The van der Waals surface area contributed by atoms with Crippen LogP contribution in [-0.2, 0) is 12.8 Å². The standard InChI is InChI=1S/C26H39N3O2/c1-27(2)25-13-10-23(11-14-25)9-12-24-7-3-4-8-26(24)31-22-6-5-15-28-16-18-29(19-17-28)20-21-30/h3-4,7-8,10-11,13-14,30H,5-6,9,12,15-22H2,1-2H3. The predicted octanol–water partition coefficient (Wildman–Crippen LogP) is 3.31. The van der Waals surface area contributed by atoms with Crippen LogP contribution in [0.5, 0.6) is 5.75 Å². The number of ether oxygens (including phenoxy) is 1. The molecular weight excluding hydrogens is 386 g/mol. The van der Waals surface area contributed by atoms with E-state index in [2.05, 4.69) is 77.3 Å². The Balaban J connectivity index is 1.36. The molecule has 0 aliphatic carbocycles. The lowest BCUT2D eigenvalue weighted by molar-refractivity contribution is 0.110. The van der Waals surface area contributed by atoms with Gasteiger partial charge in [-0.05, 0) is 61.6 Å². The van der Waals surface area contributed by atoms with Gasteiger partial charge in [-0.25, -0.2) is 0 Å². The molecule has 1 heterocycles. The van der Waals surface area contributed by atoms with E-state index >= 15 is 0 Å². The molecule has 0 spiro atoms. The third kappa shape index (κ3) is 7.84. The first kappa shape index (κ1) is 23.6. The number of β-amino-alcohol motifs (C(OH)–C–C–N with tert-alkyl or cyclic N) is 1. The molecule has 1 aliphatic rings. The lowest BCUT2D eigenvalue weighted by Crippen LogP contribution is -2.47. The average Bonchev–Trinajstić information content (AvgIpc) is 2.79. The summed E-state index contributed by atoms with van der Waals surface area (Å²) in [5.74, 6) is 1.03. The number of anilines is 1. The number of benzene rings is 2. The van der Waals surface area contributed by atoms with Crippen LogP contribution in [0.3, 0.4) is 0 Å². The van der Waals surface area contributed by atoms with Gasteiger partial charge in [0.25, 0.3) is 0 Å². The van der Waals surface area contributed by atoms with Gasteiger partial charge in [0.15, 0.2) is 0 Å². The Bertz CT molecular complexity index is 756. The maximum Gasteiger partial charge on any atom is 0.122 e. The lowest BCUT2D eigenvalue weighted by Gasteiger charge is -2.34. The highest BCUT2D eigenvalue weighted by Gasteiger charge is 2.15. The molecule has 5 nitrogen and oxygen atoms in total. The fourth-order valence-electron chi connectivity index (χ4n) is 4.09. The lowest BCUT2D eigenvalue weighted by atomic mass is 10.0. The number of aliphatic hydroxyl groups excluding tert-OH is 1. The maximum absolute atomic E-state index is 9.05. The average molecular weight is 426 g/mol. The monoisotopic (exact) mass is 425 g/mol. The number of para-hydroxylation sites is 1. The van der Waals surface area contributed by atoms with Crippen molar-refractivity contribution >= 4 is 5.69 Å². The molecule has 2 aromatic rings. The molecular formula is C26H39N3O2. The van der Waals surface area contributed by atoms with Crippen LogP contribution in [0.4, 0.5) is 5.69 Å². The smallest absolute Gasteiger partial charge is 0.122 e. The van der Waals surface area contributed by atoms with Crippen molar-refractivity contribution in [2.45, 2.75) is 25.7 Å². The van der Waals surface area contributed by atoms with Gasteiger partial charge >= 0.3 is 0 Å². The van der Waals surface area contributed by atoms with Crippen molar-refractivity contribution in [2.24, 2.45) is 0 Å². The normalized spacial score (nSPS) is 15.2. The van der Waals surface area contributed by atoms with E-state index in [0.29, 0.717) is 0 Å². The fourth-order valence-corrected chi connectivity index (χ4v) is 4.09. The van der Waals surface area contributed by atoms with Crippen molar-refractivity contribution in [2.75, 3.05) is 71.5 Å². The molecule has 0 unspecified atom stereocenters. The highest BCUT2D eigenvalue weighted by Crippen LogP contribution is 2.21. The molecule has 2 aromatic carbocycles. The first-order chi connectivity index (χ1) is 15.2. The van der Waals surface area contributed by atoms with E-state index in [1.54, 1.807) is 0 Å². The summed E-state index contributed by atoms with van der Waals surface area (Å²) in [5.41, 5.74) is 3.89.